The van der Waals surface area contributed by atoms with Crippen LogP contribution in [0, 0.1) is 6.92 Å². The molecule has 0 spiro atoms. The molecule has 120 valence electrons. The van der Waals surface area contributed by atoms with E-state index >= 15 is 0 Å². The fourth-order valence-electron chi connectivity index (χ4n) is 2.09. The van der Waals surface area contributed by atoms with Crippen LogP contribution in [0.4, 0.5) is 0 Å². The fraction of sp³-hybridized carbons (Fsp3) is 0.571. The molecule has 0 aliphatic heterocycles. The number of ether oxygens (including phenoxy) is 1. The second kappa shape index (κ2) is 7.56. The summed E-state index contributed by atoms with van der Waals surface area (Å²) in [4.78, 5) is 0.241. The molecule has 1 unspecified atom stereocenters. The van der Waals surface area contributed by atoms with Crippen LogP contribution in [0.5, 0.6) is 0 Å². The van der Waals surface area contributed by atoms with E-state index in [2.05, 4.69) is 5.32 Å². The van der Waals surface area contributed by atoms with Crippen LogP contribution < -0.4 is 5.32 Å². The number of likely N-dealkylation sites (N-methyl/N-ethyl adjacent to an activating group) is 1. The Morgan fingerprint density at radius 1 is 1.43 bits per heavy atom. The van der Waals surface area contributed by atoms with Gasteiger partial charge < -0.3 is 10.1 Å². The van der Waals surface area contributed by atoms with Crippen LogP contribution in [0.2, 0.25) is 5.02 Å². The maximum Gasteiger partial charge on any atom is 0.243 e. The first-order valence-electron chi connectivity index (χ1n) is 6.66. The standard InChI is InChI=1S/C14H23ClN2O3S/c1-10(9-20-5)17(4)21(18,19)14-7-13(15)6-12(8-16-3)11(14)2/h6-7,10,16H,8-9H2,1-5H3. The minimum atomic E-state index is -3.61. The van der Waals surface area contributed by atoms with Gasteiger partial charge in [0.05, 0.1) is 11.5 Å². The van der Waals surface area contributed by atoms with Gasteiger partial charge in [-0.15, -0.1) is 0 Å². The van der Waals surface area contributed by atoms with Crippen LogP contribution in [0.25, 0.3) is 0 Å². The van der Waals surface area contributed by atoms with E-state index in [1.165, 1.54) is 10.4 Å². The highest BCUT2D eigenvalue weighted by atomic mass is 35.5. The third-order valence-electron chi connectivity index (χ3n) is 3.49. The Morgan fingerprint density at radius 3 is 2.57 bits per heavy atom. The number of benzene rings is 1. The summed E-state index contributed by atoms with van der Waals surface area (Å²) in [7, 11) is 1.29. The van der Waals surface area contributed by atoms with E-state index in [1.807, 2.05) is 0 Å². The van der Waals surface area contributed by atoms with E-state index in [4.69, 9.17) is 16.3 Å². The molecule has 0 saturated carbocycles. The van der Waals surface area contributed by atoms with Crippen molar-refractivity contribution in [3.8, 4) is 0 Å². The number of halogens is 1. The van der Waals surface area contributed by atoms with Crippen molar-refractivity contribution in [3.63, 3.8) is 0 Å². The van der Waals surface area contributed by atoms with Gasteiger partial charge in [0.1, 0.15) is 0 Å². The first-order valence-corrected chi connectivity index (χ1v) is 8.48. The van der Waals surface area contributed by atoms with Crippen molar-refractivity contribution in [2.75, 3.05) is 27.8 Å². The summed E-state index contributed by atoms with van der Waals surface area (Å²) in [5.41, 5.74) is 1.58. The van der Waals surface area contributed by atoms with E-state index in [1.54, 1.807) is 41.1 Å². The Bertz CT molecular complexity index is 590. The van der Waals surface area contributed by atoms with Crippen molar-refractivity contribution in [2.45, 2.75) is 31.3 Å². The molecular weight excluding hydrogens is 312 g/mol. The van der Waals surface area contributed by atoms with Crippen molar-refractivity contribution in [2.24, 2.45) is 0 Å². The average molecular weight is 335 g/mol. The molecule has 1 rings (SSSR count). The van der Waals surface area contributed by atoms with Crippen LogP contribution in [0.15, 0.2) is 17.0 Å². The van der Waals surface area contributed by atoms with Crippen LogP contribution in [-0.2, 0) is 21.3 Å². The van der Waals surface area contributed by atoms with Gasteiger partial charge in [-0.3, -0.25) is 0 Å². The Balaban J connectivity index is 3.31. The molecule has 0 amide bonds. The van der Waals surface area contributed by atoms with Crippen LogP contribution in [-0.4, -0.2) is 46.6 Å². The van der Waals surface area contributed by atoms with Crippen molar-refractivity contribution < 1.29 is 13.2 Å². The number of methoxy groups -OCH3 is 1. The minimum Gasteiger partial charge on any atom is -0.383 e. The highest BCUT2D eigenvalue weighted by Crippen LogP contribution is 2.27. The SMILES string of the molecule is CNCc1cc(Cl)cc(S(=O)(=O)N(C)C(C)COC)c1C. The summed E-state index contributed by atoms with van der Waals surface area (Å²) in [5, 5.41) is 3.43. The second-order valence-corrected chi connectivity index (χ2v) is 7.45. The number of nitrogens with one attached hydrogen (secondary N) is 1. The first-order chi connectivity index (χ1) is 9.75. The summed E-state index contributed by atoms with van der Waals surface area (Å²) in [5.74, 6) is 0. The van der Waals surface area contributed by atoms with Crippen molar-refractivity contribution in [3.05, 3.63) is 28.3 Å². The molecule has 1 aromatic rings. The summed E-state index contributed by atoms with van der Waals surface area (Å²) < 4.78 is 31.9. The summed E-state index contributed by atoms with van der Waals surface area (Å²) in [6.07, 6.45) is 0. The zero-order valence-electron chi connectivity index (χ0n) is 13.1. The van der Waals surface area contributed by atoms with E-state index in [0.717, 1.165) is 5.56 Å². The zero-order chi connectivity index (χ0) is 16.2. The molecule has 5 nitrogen and oxygen atoms in total. The van der Waals surface area contributed by atoms with E-state index in [0.29, 0.717) is 23.7 Å². The monoisotopic (exact) mass is 334 g/mol. The molecule has 7 heteroatoms. The molecule has 1 atom stereocenters. The van der Waals surface area contributed by atoms with Crippen LogP contribution in [0.1, 0.15) is 18.1 Å². The van der Waals surface area contributed by atoms with Crippen molar-refractivity contribution in [1.82, 2.24) is 9.62 Å². The predicted molar refractivity (Wildman–Crippen MR) is 85.2 cm³/mol. The van der Waals surface area contributed by atoms with Gasteiger partial charge in [0.2, 0.25) is 10.0 Å². The summed E-state index contributed by atoms with van der Waals surface area (Å²) >= 11 is 6.07. The smallest absolute Gasteiger partial charge is 0.243 e. The zero-order valence-corrected chi connectivity index (χ0v) is 14.7. The summed E-state index contributed by atoms with van der Waals surface area (Å²) in [6, 6.07) is 3.03. The van der Waals surface area contributed by atoms with E-state index in [-0.39, 0.29) is 10.9 Å². The fourth-order valence-corrected chi connectivity index (χ4v) is 4.03. The summed E-state index contributed by atoms with van der Waals surface area (Å²) in [6.45, 7) is 4.49. The third kappa shape index (κ3) is 4.17. The van der Waals surface area contributed by atoms with Crippen LogP contribution >= 0.6 is 11.6 Å². The largest absolute Gasteiger partial charge is 0.383 e. The van der Waals surface area contributed by atoms with E-state index in [9.17, 15) is 8.42 Å². The average Bonchev–Trinajstić information content (AvgIpc) is 2.41. The number of nitrogens with zero attached hydrogens (tertiary/aromatic N) is 1. The Kier molecular flexibility index (Phi) is 6.62. The van der Waals surface area contributed by atoms with Gasteiger partial charge in [-0.1, -0.05) is 11.6 Å². The molecule has 1 N–H and O–H groups in total. The quantitative estimate of drug-likeness (QED) is 0.829. The van der Waals surface area contributed by atoms with Gasteiger partial charge in [0, 0.05) is 31.8 Å². The van der Waals surface area contributed by atoms with Gasteiger partial charge in [0.25, 0.3) is 0 Å². The molecule has 0 saturated heterocycles. The minimum absolute atomic E-state index is 0.241. The van der Waals surface area contributed by atoms with Crippen molar-refractivity contribution >= 4 is 21.6 Å². The normalized spacial score (nSPS) is 13.7. The van der Waals surface area contributed by atoms with E-state index < -0.39 is 10.0 Å². The maximum absolute atomic E-state index is 12.8. The lowest BCUT2D eigenvalue weighted by molar-refractivity contribution is 0.149. The molecular formula is C14H23ClN2O3S. The number of sulfonamides is 1. The Hall–Kier alpha value is -0.660. The highest BCUT2D eigenvalue weighted by molar-refractivity contribution is 7.89. The lowest BCUT2D eigenvalue weighted by Crippen LogP contribution is -2.38. The topological polar surface area (TPSA) is 58.6 Å². The Labute approximate surface area is 132 Å². The number of hydrogen-bond donors (Lipinski definition) is 1. The molecule has 0 aromatic heterocycles. The molecule has 0 bridgehead atoms. The number of hydrogen-bond acceptors (Lipinski definition) is 4. The molecule has 21 heavy (non-hydrogen) atoms. The Morgan fingerprint density at radius 2 is 2.05 bits per heavy atom. The predicted octanol–water partition coefficient (Wildman–Crippen LogP) is 2.02. The third-order valence-corrected chi connectivity index (χ3v) is 5.80. The van der Waals surface area contributed by atoms with Gasteiger partial charge >= 0.3 is 0 Å². The first kappa shape index (κ1) is 18.4. The van der Waals surface area contributed by atoms with Gasteiger partial charge in [-0.2, -0.15) is 4.31 Å². The molecule has 1 aromatic carbocycles. The molecule has 0 heterocycles. The van der Waals surface area contributed by atoms with Crippen LogP contribution in [0.3, 0.4) is 0 Å². The lowest BCUT2D eigenvalue weighted by atomic mass is 10.1. The molecule has 0 fully saturated rings. The second-order valence-electron chi connectivity index (χ2n) is 5.04. The van der Waals surface area contributed by atoms with Gasteiger partial charge in [-0.05, 0) is 44.2 Å². The molecule has 0 aliphatic rings. The van der Waals surface area contributed by atoms with Crippen molar-refractivity contribution in [1.29, 1.82) is 0 Å². The number of rotatable bonds is 7. The molecule has 0 radical (unpaired) electrons. The maximum atomic E-state index is 12.8. The van der Waals surface area contributed by atoms with Gasteiger partial charge in [0.15, 0.2) is 0 Å². The highest BCUT2D eigenvalue weighted by Gasteiger charge is 2.28. The van der Waals surface area contributed by atoms with Gasteiger partial charge in [-0.25, -0.2) is 8.42 Å². The lowest BCUT2D eigenvalue weighted by Gasteiger charge is -2.25. The molecule has 0 aliphatic carbocycles.